The maximum Gasteiger partial charge on any atom is 0.229 e. The number of anilines is 1. The van der Waals surface area contributed by atoms with E-state index in [2.05, 4.69) is 46.5 Å². The molecule has 0 saturated heterocycles. The van der Waals surface area contributed by atoms with Crippen molar-refractivity contribution in [3.63, 3.8) is 0 Å². The lowest BCUT2D eigenvalue weighted by atomic mass is 9.96. The lowest BCUT2D eigenvalue weighted by molar-refractivity contribution is -0.116. The molecule has 104 valence electrons. The van der Waals surface area contributed by atoms with Crippen LogP contribution in [0.25, 0.3) is 0 Å². The fourth-order valence-electron chi connectivity index (χ4n) is 2.02. The molecule has 4 nitrogen and oxygen atoms in total. The van der Waals surface area contributed by atoms with Crippen LogP contribution in [0.2, 0.25) is 0 Å². The highest BCUT2D eigenvalue weighted by atomic mass is 16.1. The van der Waals surface area contributed by atoms with Crippen molar-refractivity contribution >= 4 is 11.9 Å². The van der Waals surface area contributed by atoms with Gasteiger partial charge in [-0.05, 0) is 29.5 Å². The van der Waals surface area contributed by atoms with Gasteiger partial charge in [-0.1, -0.05) is 38.1 Å². The van der Waals surface area contributed by atoms with E-state index in [4.69, 9.17) is 0 Å². The largest absolute Gasteiger partial charge is 0.295 e. The standard InChI is InChI=1S/C16H19N3O/c1-3-13-5-7-14(8-6-13)12(2)11-15(20)19-16-17-9-4-10-18-16/h4-10,12H,3,11H2,1-2H3,(H,17,18,19,20). The van der Waals surface area contributed by atoms with Gasteiger partial charge in [-0.25, -0.2) is 9.97 Å². The molecule has 1 heterocycles. The first-order valence-electron chi connectivity index (χ1n) is 6.84. The number of nitrogens with one attached hydrogen (secondary N) is 1. The van der Waals surface area contributed by atoms with Crippen molar-refractivity contribution in [3.05, 3.63) is 53.9 Å². The summed E-state index contributed by atoms with van der Waals surface area (Å²) in [5.74, 6) is 0.457. The van der Waals surface area contributed by atoms with E-state index < -0.39 is 0 Å². The minimum absolute atomic E-state index is 0.0664. The maximum atomic E-state index is 11.9. The number of aromatic nitrogens is 2. The molecule has 4 heteroatoms. The van der Waals surface area contributed by atoms with Gasteiger partial charge in [0.15, 0.2) is 0 Å². The lowest BCUT2D eigenvalue weighted by Gasteiger charge is -2.12. The third-order valence-corrected chi connectivity index (χ3v) is 3.27. The summed E-state index contributed by atoms with van der Waals surface area (Å²) in [6.07, 6.45) is 4.66. The normalized spacial score (nSPS) is 11.9. The predicted molar refractivity (Wildman–Crippen MR) is 79.5 cm³/mol. The SMILES string of the molecule is CCc1ccc(C(C)CC(=O)Nc2ncccn2)cc1. The number of amides is 1. The van der Waals surface area contributed by atoms with E-state index in [1.165, 1.54) is 11.1 Å². The van der Waals surface area contributed by atoms with Gasteiger partial charge in [-0.2, -0.15) is 0 Å². The lowest BCUT2D eigenvalue weighted by Crippen LogP contribution is -2.16. The molecule has 1 amide bonds. The molecule has 2 rings (SSSR count). The minimum Gasteiger partial charge on any atom is -0.295 e. The summed E-state index contributed by atoms with van der Waals surface area (Å²) in [6.45, 7) is 4.18. The Kier molecular flexibility index (Phi) is 4.82. The molecular formula is C16H19N3O. The van der Waals surface area contributed by atoms with Crippen LogP contribution in [0.1, 0.15) is 37.3 Å². The number of benzene rings is 1. The number of hydrogen-bond acceptors (Lipinski definition) is 3. The zero-order valence-corrected chi connectivity index (χ0v) is 11.8. The second-order valence-electron chi connectivity index (χ2n) is 4.82. The fraction of sp³-hybridized carbons (Fsp3) is 0.312. The summed E-state index contributed by atoms with van der Waals surface area (Å²) in [6, 6.07) is 10.1. The van der Waals surface area contributed by atoms with E-state index in [0.29, 0.717) is 12.4 Å². The van der Waals surface area contributed by atoms with E-state index >= 15 is 0 Å². The molecule has 0 aliphatic heterocycles. The molecule has 1 atom stereocenters. The first-order valence-corrected chi connectivity index (χ1v) is 6.84. The Labute approximate surface area is 119 Å². The zero-order valence-electron chi connectivity index (χ0n) is 11.8. The highest BCUT2D eigenvalue weighted by Gasteiger charge is 2.12. The van der Waals surface area contributed by atoms with E-state index in [9.17, 15) is 4.79 Å². The monoisotopic (exact) mass is 269 g/mol. The molecule has 0 bridgehead atoms. The van der Waals surface area contributed by atoms with Crippen LogP contribution in [-0.4, -0.2) is 15.9 Å². The summed E-state index contributed by atoms with van der Waals surface area (Å²) in [4.78, 5) is 19.9. The summed E-state index contributed by atoms with van der Waals surface area (Å²) in [7, 11) is 0. The molecule has 1 aromatic heterocycles. The topological polar surface area (TPSA) is 54.9 Å². The van der Waals surface area contributed by atoms with Crippen molar-refractivity contribution in [2.24, 2.45) is 0 Å². The van der Waals surface area contributed by atoms with Gasteiger partial charge in [-0.3, -0.25) is 10.1 Å². The molecule has 2 aromatic rings. The number of hydrogen-bond donors (Lipinski definition) is 1. The summed E-state index contributed by atoms with van der Waals surface area (Å²) in [5, 5.41) is 2.70. The number of rotatable bonds is 5. The first kappa shape index (κ1) is 14.2. The Hall–Kier alpha value is -2.23. The van der Waals surface area contributed by atoms with Crippen LogP contribution in [0.4, 0.5) is 5.95 Å². The predicted octanol–water partition coefficient (Wildman–Crippen LogP) is 3.17. The van der Waals surface area contributed by atoms with Crippen LogP contribution >= 0.6 is 0 Å². The van der Waals surface area contributed by atoms with Gasteiger partial charge in [0.25, 0.3) is 0 Å². The summed E-state index contributed by atoms with van der Waals surface area (Å²) in [5.41, 5.74) is 2.48. The molecule has 1 N–H and O–H groups in total. The van der Waals surface area contributed by atoms with Gasteiger partial charge in [0.2, 0.25) is 11.9 Å². The van der Waals surface area contributed by atoms with Gasteiger partial charge in [0, 0.05) is 18.8 Å². The van der Waals surface area contributed by atoms with Gasteiger partial charge >= 0.3 is 0 Å². The number of carbonyl (C=O) groups excluding carboxylic acids is 1. The van der Waals surface area contributed by atoms with E-state index in [0.717, 1.165) is 6.42 Å². The van der Waals surface area contributed by atoms with E-state index in [-0.39, 0.29) is 11.8 Å². The molecule has 1 unspecified atom stereocenters. The van der Waals surface area contributed by atoms with Crippen LogP contribution < -0.4 is 5.32 Å². The average molecular weight is 269 g/mol. The fourth-order valence-corrected chi connectivity index (χ4v) is 2.02. The van der Waals surface area contributed by atoms with Gasteiger partial charge in [-0.15, -0.1) is 0 Å². The highest BCUT2D eigenvalue weighted by molar-refractivity contribution is 5.89. The zero-order chi connectivity index (χ0) is 14.4. The number of carbonyl (C=O) groups is 1. The molecule has 0 aliphatic rings. The quantitative estimate of drug-likeness (QED) is 0.907. The van der Waals surface area contributed by atoms with E-state index in [1.54, 1.807) is 18.5 Å². The average Bonchev–Trinajstić information content (AvgIpc) is 2.48. The van der Waals surface area contributed by atoms with Crippen molar-refractivity contribution in [2.45, 2.75) is 32.6 Å². The van der Waals surface area contributed by atoms with Crippen molar-refractivity contribution < 1.29 is 4.79 Å². The summed E-state index contributed by atoms with van der Waals surface area (Å²) >= 11 is 0. The van der Waals surface area contributed by atoms with Crippen LogP contribution in [0.3, 0.4) is 0 Å². The Morgan fingerprint density at radius 3 is 2.45 bits per heavy atom. The van der Waals surface area contributed by atoms with Gasteiger partial charge < -0.3 is 0 Å². The molecule has 0 radical (unpaired) electrons. The molecule has 0 aliphatic carbocycles. The number of nitrogens with zero attached hydrogens (tertiary/aromatic N) is 2. The van der Waals surface area contributed by atoms with Gasteiger partial charge in [0.1, 0.15) is 0 Å². The van der Waals surface area contributed by atoms with Crippen molar-refractivity contribution in [1.82, 2.24) is 9.97 Å². The maximum absolute atomic E-state index is 11.9. The van der Waals surface area contributed by atoms with Gasteiger partial charge in [0.05, 0.1) is 0 Å². The van der Waals surface area contributed by atoms with E-state index in [1.807, 2.05) is 6.92 Å². The second kappa shape index (κ2) is 6.80. The van der Waals surface area contributed by atoms with Crippen LogP contribution in [0.15, 0.2) is 42.7 Å². The van der Waals surface area contributed by atoms with Crippen molar-refractivity contribution in [1.29, 1.82) is 0 Å². The minimum atomic E-state index is -0.0664. The Bertz CT molecular complexity index is 552. The smallest absolute Gasteiger partial charge is 0.229 e. The van der Waals surface area contributed by atoms with Crippen LogP contribution in [0.5, 0.6) is 0 Å². The second-order valence-corrected chi connectivity index (χ2v) is 4.82. The van der Waals surface area contributed by atoms with Crippen molar-refractivity contribution in [3.8, 4) is 0 Å². The molecule has 1 aromatic carbocycles. The third-order valence-electron chi connectivity index (χ3n) is 3.27. The molecular weight excluding hydrogens is 250 g/mol. The molecule has 0 spiro atoms. The van der Waals surface area contributed by atoms with Crippen LogP contribution in [0, 0.1) is 0 Å². The molecule has 0 saturated carbocycles. The first-order chi connectivity index (χ1) is 9.69. The Morgan fingerprint density at radius 2 is 1.85 bits per heavy atom. The molecule has 0 fully saturated rings. The third kappa shape index (κ3) is 3.88. The Morgan fingerprint density at radius 1 is 1.20 bits per heavy atom. The molecule has 20 heavy (non-hydrogen) atoms. The highest BCUT2D eigenvalue weighted by Crippen LogP contribution is 2.20. The Balaban J connectivity index is 1.93. The van der Waals surface area contributed by atoms with Crippen molar-refractivity contribution in [2.75, 3.05) is 5.32 Å². The number of aryl methyl sites for hydroxylation is 1. The summed E-state index contributed by atoms with van der Waals surface area (Å²) < 4.78 is 0. The van der Waals surface area contributed by atoms with Crippen LogP contribution in [-0.2, 0) is 11.2 Å².